The van der Waals surface area contributed by atoms with E-state index < -0.39 is 49.7 Å². The van der Waals surface area contributed by atoms with Crippen LogP contribution in [0.4, 0.5) is 23.2 Å². The average Bonchev–Trinajstić information content (AvgIpc) is 2.88. The average molecular weight is 641 g/mol. The number of nitrogens with zero attached hydrogens (tertiary/aromatic N) is 3. The van der Waals surface area contributed by atoms with Gasteiger partial charge < -0.3 is 9.83 Å². The molecule has 7 nitrogen and oxygen atoms in total. The van der Waals surface area contributed by atoms with Gasteiger partial charge in [0.25, 0.3) is 5.97 Å². The Bertz CT molecular complexity index is 1400. The molecule has 13 heteroatoms. The van der Waals surface area contributed by atoms with Crippen molar-refractivity contribution in [1.82, 2.24) is 9.97 Å². The monoisotopic (exact) mass is 640 g/mol. The summed E-state index contributed by atoms with van der Waals surface area (Å²) in [4.78, 5) is 15.2. The van der Waals surface area contributed by atoms with Gasteiger partial charge in [0, 0.05) is 51.5 Å². The Labute approximate surface area is 230 Å². The topological polar surface area (TPSA) is 111 Å². The van der Waals surface area contributed by atoms with Gasteiger partial charge in [-0.2, -0.15) is 0 Å². The number of aliphatic carboxylic acids is 1. The van der Waals surface area contributed by atoms with Crippen molar-refractivity contribution in [3.8, 4) is 11.3 Å². The van der Waals surface area contributed by atoms with Crippen molar-refractivity contribution in [2.24, 2.45) is 0 Å². The van der Waals surface area contributed by atoms with Crippen LogP contribution in [0, 0.1) is 30.2 Å². The Kier molecular flexibility index (Phi) is 12.7. The normalized spacial score (nSPS) is 10.1. The number of carboxylic acids is 1. The number of benzene rings is 2. The van der Waals surface area contributed by atoms with Crippen molar-refractivity contribution in [3.05, 3.63) is 113 Å². The third-order valence-electron chi connectivity index (χ3n) is 4.33. The zero-order valence-electron chi connectivity index (χ0n) is 19.8. The summed E-state index contributed by atoms with van der Waals surface area (Å²) < 4.78 is 83.7. The maximum Gasteiger partial charge on any atom is 0.300 e. The van der Waals surface area contributed by atoms with Gasteiger partial charge >= 0.3 is 0 Å². The van der Waals surface area contributed by atoms with Crippen molar-refractivity contribution in [3.63, 3.8) is 0 Å². The number of hydrogen-bond acceptors (Lipinski definition) is 5. The fraction of sp³-hybridized carbons (Fsp3) is 0.0800. The second-order valence-electron chi connectivity index (χ2n) is 7.05. The van der Waals surface area contributed by atoms with E-state index in [-0.39, 0.29) is 31.7 Å². The molecular formula is C25H20F4N3O4PdS-. The third kappa shape index (κ3) is 8.73. The number of sulfonamides is 1. The minimum atomic E-state index is -5.03. The largest absolute Gasteiger partial charge is 0.572 e. The molecule has 0 amide bonds. The molecule has 4 aromatic rings. The molecule has 0 aliphatic carbocycles. The molecule has 1 N–H and O–H groups in total. The van der Waals surface area contributed by atoms with Crippen LogP contribution in [-0.4, -0.2) is 29.5 Å². The molecule has 0 spiro atoms. The van der Waals surface area contributed by atoms with Crippen LogP contribution in [0.2, 0.25) is 0 Å². The van der Waals surface area contributed by atoms with Gasteiger partial charge in [-0.05, 0) is 36.8 Å². The van der Waals surface area contributed by atoms with Gasteiger partial charge in [-0.3, -0.25) is 14.8 Å². The zero-order valence-corrected chi connectivity index (χ0v) is 22.1. The first-order chi connectivity index (χ1) is 17.5. The Balaban J connectivity index is 0.000000553. The van der Waals surface area contributed by atoms with Gasteiger partial charge in [-0.1, -0.05) is 36.4 Å². The summed E-state index contributed by atoms with van der Waals surface area (Å²) in [6, 6.07) is 16.5. The molecule has 0 aliphatic heterocycles. The predicted molar refractivity (Wildman–Crippen MR) is 128 cm³/mol. The van der Waals surface area contributed by atoms with E-state index in [1.54, 1.807) is 36.7 Å². The Hall–Kier alpha value is -3.66. The molecule has 0 saturated carbocycles. The van der Waals surface area contributed by atoms with Crippen molar-refractivity contribution in [2.75, 3.05) is 0 Å². The van der Waals surface area contributed by atoms with Crippen molar-refractivity contribution >= 4 is 21.7 Å². The first-order valence-electron chi connectivity index (χ1n) is 10.3. The summed E-state index contributed by atoms with van der Waals surface area (Å²) in [6.45, 7) is 1.88. The van der Waals surface area contributed by atoms with Crippen LogP contribution in [0.3, 0.4) is 0 Å². The smallest absolute Gasteiger partial charge is 0.300 e. The molecule has 4 rings (SSSR count). The molecule has 0 fully saturated rings. The molecule has 2 aromatic heterocycles. The summed E-state index contributed by atoms with van der Waals surface area (Å²) in [7, 11) is -5.03. The van der Waals surface area contributed by atoms with Crippen molar-refractivity contribution in [2.45, 2.75) is 18.7 Å². The second-order valence-corrected chi connectivity index (χ2v) is 8.59. The van der Waals surface area contributed by atoms with Crippen LogP contribution in [-0.2, 0) is 35.2 Å². The Morgan fingerprint density at radius 1 is 0.816 bits per heavy atom. The van der Waals surface area contributed by atoms with E-state index in [2.05, 4.69) is 14.7 Å². The van der Waals surface area contributed by atoms with Gasteiger partial charge in [0.2, 0.25) is 0 Å². The minimum absolute atomic E-state index is 0. The van der Waals surface area contributed by atoms with E-state index in [9.17, 15) is 26.0 Å². The Morgan fingerprint density at radius 3 is 1.87 bits per heavy atom. The van der Waals surface area contributed by atoms with Crippen LogP contribution >= 0.6 is 0 Å². The number of halogens is 4. The first kappa shape index (κ1) is 32.4. The quantitative estimate of drug-likeness (QED) is 0.124. The predicted octanol–water partition coefficient (Wildman–Crippen LogP) is 6.18. The van der Waals surface area contributed by atoms with E-state index in [1.807, 2.05) is 18.2 Å². The summed E-state index contributed by atoms with van der Waals surface area (Å²) in [5.41, 5.74) is -0.464. The molecule has 0 atom stereocenters. The molecule has 2 heterocycles. The van der Waals surface area contributed by atoms with Crippen molar-refractivity contribution in [1.29, 1.82) is 0 Å². The molecule has 0 unspecified atom stereocenters. The second kappa shape index (κ2) is 14.9. The summed E-state index contributed by atoms with van der Waals surface area (Å²) in [6.07, 6.45) is 4.97. The van der Waals surface area contributed by atoms with Crippen LogP contribution in [0.1, 0.15) is 12.5 Å². The van der Waals surface area contributed by atoms with Crippen LogP contribution in [0.5, 0.6) is 0 Å². The molecule has 0 bridgehead atoms. The first-order valence-corrected chi connectivity index (χ1v) is 11.8. The fourth-order valence-corrected chi connectivity index (χ4v) is 3.93. The van der Waals surface area contributed by atoms with Gasteiger partial charge in [-0.15, -0.1) is 5.69 Å². The molecule has 0 aliphatic rings. The van der Waals surface area contributed by atoms with E-state index in [0.717, 1.165) is 13.8 Å². The van der Waals surface area contributed by atoms with E-state index >= 15 is 0 Å². The van der Waals surface area contributed by atoms with Crippen LogP contribution < -0.4 is 0 Å². The summed E-state index contributed by atoms with van der Waals surface area (Å²) >= 11 is 0. The molecule has 2 aromatic carbocycles. The van der Waals surface area contributed by atoms with Crippen molar-refractivity contribution < 1.29 is 56.3 Å². The third-order valence-corrected chi connectivity index (χ3v) is 5.64. The SMILES string of the molecule is CC(=O)O.Cc1c(F)c(F)c(F)c(S(=O)(=O)[N-]c2ccccc2-c2ccccn2)c1F.[Pd].c1ccncc1. The van der Waals surface area contributed by atoms with E-state index in [1.165, 1.54) is 24.4 Å². The van der Waals surface area contributed by atoms with Gasteiger partial charge in [-0.25, -0.2) is 26.0 Å². The summed E-state index contributed by atoms with van der Waals surface area (Å²) in [5.74, 6) is -8.60. The zero-order chi connectivity index (χ0) is 27.6. The number of carbonyl (C=O) groups is 1. The maximum absolute atomic E-state index is 14.2. The standard InChI is InChI=1S/C18H11F4N2O2S.C5H5N.C2H4O2.Pd/c1-10-14(19)16(21)17(22)18(15(10)20)27(25,26)24-13-8-3-2-6-11(13)12-7-4-5-9-23-12;1-2-4-6-5-3-1;1-2(3)4;/h2-9H,1H3;1-5H;1H3,(H,3,4);/q-1;;;. The number of hydrogen-bond donors (Lipinski definition) is 1. The molecule has 204 valence electrons. The van der Waals surface area contributed by atoms with Crippen LogP contribution in [0.15, 0.2) is 84.1 Å². The number of pyridine rings is 2. The number of aromatic nitrogens is 2. The van der Waals surface area contributed by atoms with Gasteiger partial charge in [0.15, 0.2) is 17.5 Å². The Morgan fingerprint density at radius 2 is 1.37 bits per heavy atom. The summed E-state index contributed by atoms with van der Waals surface area (Å²) in [5, 5.41) is 7.42. The molecule has 0 saturated heterocycles. The van der Waals surface area contributed by atoms with E-state index in [4.69, 9.17) is 9.90 Å². The fourth-order valence-electron chi connectivity index (χ4n) is 2.73. The number of rotatable bonds is 4. The molecular weight excluding hydrogens is 621 g/mol. The number of carboxylic acid groups (broad SMARTS) is 1. The molecule has 0 radical (unpaired) electrons. The molecule has 38 heavy (non-hydrogen) atoms. The van der Waals surface area contributed by atoms with Crippen LogP contribution in [0.25, 0.3) is 16.0 Å². The van der Waals surface area contributed by atoms with E-state index in [0.29, 0.717) is 5.69 Å². The van der Waals surface area contributed by atoms with Gasteiger partial charge in [0.05, 0.1) is 5.69 Å². The minimum Gasteiger partial charge on any atom is -0.572 e. The van der Waals surface area contributed by atoms with Gasteiger partial charge in [0.1, 0.15) is 20.7 Å². The maximum atomic E-state index is 14.2.